The summed E-state index contributed by atoms with van der Waals surface area (Å²) in [5.41, 5.74) is 5.33. The molecule has 6 heteroatoms. The van der Waals surface area contributed by atoms with Crippen LogP contribution in [0, 0.1) is 5.41 Å². The van der Waals surface area contributed by atoms with Crippen molar-refractivity contribution >= 4 is 11.8 Å². The van der Waals surface area contributed by atoms with E-state index >= 15 is 0 Å². The first-order valence-electron chi connectivity index (χ1n) is 7.47. The zero-order valence-electron chi connectivity index (χ0n) is 11.9. The van der Waals surface area contributed by atoms with Crippen LogP contribution in [-0.4, -0.2) is 54.6 Å². The first-order chi connectivity index (χ1) is 9.52. The van der Waals surface area contributed by atoms with Gasteiger partial charge in [0.05, 0.1) is 18.6 Å². The lowest BCUT2D eigenvalue weighted by Gasteiger charge is -2.33. The molecule has 2 amide bonds. The number of hydrogen-bond donors (Lipinski definition) is 2. The zero-order valence-corrected chi connectivity index (χ0v) is 11.9. The van der Waals surface area contributed by atoms with Crippen molar-refractivity contribution in [1.29, 1.82) is 0 Å². The lowest BCUT2D eigenvalue weighted by atomic mass is 9.84. The molecule has 6 nitrogen and oxygen atoms in total. The number of nitrogens with one attached hydrogen (secondary N) is 1. The highest BCUT2D eigenvalue weighted by molar-refractivity contribution is 5.91. The maximum atomic E-state index is 12.8. The van der Waals surface area contributed by atoms with E-state index in [0.717, 1.165) is 25.7 Å². The second-order valence-corrected chi connectivity index (χ2v) is 6.48. The highest BCUT2D eigenvalue weighted by Gasteiger charge is 2.49. The van der Waals surface area contributed by atoms with Crippen LogP contribution in [0.1, 0.15) is 32.6 Å². The van der Waals surface area contributed by atoms with Crippen molar-refractivity contribution in [2.24, 2.45) is 11.1 Å². The van der Waals surface area contributed by atoms with E-state index in [-0.39, 0.29) is 23.9 Å². The molecule has 1 saturated carbocycles. The third-order valence-electron chi connectivity index (χ3n) is 4.75. The van der Waals surface area contributed by atoms with Gasteiger partial charge in [0.2, 0.25) is 11.8 Å². The molecule has 3 aliphatic rings. The molecule has 3 unspecified atom stereocenters. The maximum absolute atomic E-state index is 12.8. The summed E-state index contributed by atoms with van der Waals surface area (Å²) < 4.78 is 5.35. The number of nitrogens with two attached hydrogens (primary N) is 1. The highest BCUT2D eigenvalue weighted by Crippen LogP contribution is 2.33. The molecule has 0 aromatic heterocycles. The van der Waals surface area contributed by atoms with Crippen LogP contribution in [0.4, 0.5) is 0 Å². The minimum atomic E-state index is -0.692. The normalized spacial score (nSPS) is 37.2. The molecule has 0 bridgehead atoms. The van der Waals surface area contributed by atoms with Crippen LogP contribution in [0.15, 0.2) is 0 Å². The van der Waals surface area contributed by atoms with Gasteiger partial charge >= 0.3 is 0 Å². The molecule has 20 heavy (non-hydrogen) atoms. The van der Waals surface area contributed by atoms with Crippen molar-refractivity contribution in [3.8, 4) is 0 Å². The van der Waals surface area contributed by atoms with Gasteiger partial charge in [0.15, 0.2) is 0 Å². The number of hydrogen-bond acceptors (Lipinski definition) is 4. The Morgan fingerprint density at radius 2 is 2.10 bits per heavy atom. The number of likely N-dealkylation sites (tertiary alicyclic amines) is 1. The van der Waals surface area contributed by atoms with Gasteiger partial charge in [0.1, 0.15) is 6.04 Å². The van der Waals surface area contributed by atoms with Crippen LogP contribution in [0.25, 0.3) is 0 Å². The minimum Gasteiger partial charge on any atom is -0.379 e. The quantitative estimate of drug-likeness (QED) is 0.738. The van der Waals surface area contributed by atoms with Crippen LogP contribution in [-0.2, 0) is 14.3 Å². The van der Waals surface area contributed by atoms with Gasteiger partial charge in [-0.2, -0.15) is 0 Å². The van der Waals surface area contributed by atoms with Crippen molar-refractivity contribution in [3.63, 3.8) is 0 Å². The topological polar surface area (TPSA) is 84.7 Å². The number of nitrogens with zero attached hydrogens (tertiary/aromatic N) is 1. The number of carbonyl (C=O) groups is 2. The molecule has 2 saturated heterocycles. The van der Waals surface area contributed by atoms with Crippen molar-refractivity contribution in [1.82, 2.24) is 10.2 Å². The summed E-state index contributed by atoms with van der Waals surface area (Å²) in [7, 11) is 0. The number of ether oxygens (including phenoxy) is 1. The summed E-state index contributed by atoms with van der Waals surface area (Å²) in [6, 6.07) is -0.289. The molecular formula is C14H23N3O3. The Labute approximate surface area is 119 Å². The average molecular weight is 281 g/mol. The first-order valence-corrected chi connectivity index (χ1v) is 7.47. The molecule has 3 N–H and O–H groups in total. The van der Waals surface area contributed by atoms with E-state index in [1.807, 2.05) is 6.92 Å². The molecule has 2 aliphatic heterocycles. The Morgan fingerprint density at radius 3 is 2.70 bits per heavy atom. The van der Waals surface area contributed by atoms with Crippen molar-refractivity contribution in [2.75, 3.05) is 19.8 Å². The predicted molar refractivity (Wildman–Crippen MR) is 72.8 cm³/mol. The van der Waals surface area contributed by atoms with Gasteiger partial charge in [-0.05, 0) is 32.6 Å². The molecule has 0 radical (unpaired) electrons. The second-order valence-electron chi connectivity index (χ2n) is 6.48. The second kappa shape index (κ2) is 5.00. The molecule has 0 aromatic carbocycles. The summed E-state index contributed by atoms with van der Waals surface area (Å²) in [5.74, 6) is -0.0367. The Bertz CT molecular complexity index is 424. The lowest BCUT2D eigenvalue weighted by Crippen LogP contribution is -2.55. The van der Waals surface area contributed by atoms with E-state index in [1.165, 1.54) is 0 Å². The van der Waals surface area contributed by atoms with Crippen LogP contribution in [0.5, 0.6) is 0 Å². The third kappa shape index (κ3) is 2.31. The summed E-state index contributed by atoms with van der Waals surface area (Å²) in [6.45, 7) is 3.25. The molecule has 0 spiro atoms. The Kier molecular flexibility index (Phi) is 3.46. The standard InChI is InChI=1S/C14H23N3O3/c1-14(8-20-7-11(14)15)13(19)17-6-2-3-10(17)12(18)16-9-4-5-9/h9-11H,2-8,15H2,1H3,(H,16,18). The van der Waals surface area contributed by atoms with Gasteiger partial charge in [-0.25, -0.2) is 0 Å². The fourth-order valence-corrected chi connectivity index (χ4v) is 3.04. The van der Waals surface area contributed by atoms with Crippen LogP contribution < -0.4 is 11.1 Å². The van der Waals surface area contributed by atoms with Gasteiger partial charge in [-0.15, -0.1) is 0 Å². The Morgan fingerprint density at radius 1 is 1.35 bits per heavy atom. The number of amides is 2. The molecule has 1 aliphatic carbocycles. The van der Waals surface area contributed by atoms with E-state index in [2.05, 4.69) is 5.32 Å². The van der Waals surface area contributed by atoms with E-state index in [4.69, 9.17) is 10.5 Å². The first kappa shape index (κ1) is 13.8. The molecule has 3 rings (SSSR count). The Balaban J connectivity index is 1.71. The molecule has 112 valence electrons. The summed E-state index contributed by atoms with van der Waals surface area (Å²) in [4.78, 5) is 26.7. The monoisotopic (exact) mass is 281 g/mol. The minimum absolute atomic E-state index is 0.00515. The van der Waals surface area contributed by atoms with Gasteiger partial charge < -0.3 is 20.7 Å². The summed E-state index contributed by atoms with van der Waals surface area (Å²) in [5, 5.41) is 3.00. The largest absolute Gasteiger partial charge is 0.379 e. The predicted octanol–water partition coefficient (Wildman–Crippen LogP) is -0.380. The van der Waals surface area contributed by atoms with Crippen molar-refractivity contribution < 1.29 is 14.3 Å². The van der Waals surface area contributed by atoms with Gasteiger partial charge in [-0.3, -0.25) is 9.59 Å². The van der Waals surface area contributed by atoms with E-state index in [1.54, 1.807) is 4.90 Å². The highest BCUT2D eigenvalue weighted by atomic mass is 16.5. The van der Waals surface area contributed by atoms with E-state index in [0.29, 0.717) is 25.8 Å². The lowest BCUT2D eigenvalue weighted by molar-refractivity contribution is -0.146. The van der Waals surface area contributed by atoms with Gasteiger partial charge in [0, 0.05) is 18.6 Å². The summed E-state index contributed by atoms with van der Waals surface area (Å²) in [6.07, 6.45) is 3.74. The molecule has 0 aromatic rings. The molecule has 3 atom stereocenters. The molecule has 3 fully saturated rings. The smallest absolute Gasteiger partial charge is 0.243 e. The van der Waals surface area contributed by atoms with E-state index < -0.39 is 5.41 Å². The SMILES string of the molecule is CC1(C(=O)N2CCCC2C(=O)NC2CC2)COCC1N. The van der Waals surface area contributed by atoms with Crippen LogP contribution in [0.2, 0.25) is 0 Å². The zero-order chi connectivity index (χ0) is 14.3. The van der Waals surface area contributed by atoms with Gasteiger partial charge in [-0.1, -0.05) is 0 Å². The third-order valence-corrected chi connectivity index (χ3v) is 4.75. The average Bonchev–Trinajstić information content (AvgIpc) is 2.98. The molecule has 2 heterocycles. The maximum Gasteiger partial charge on any atom is 0.243 e. The summed E-state index contributed by atoms with van der Waals surface area (Å²) >= 11 is 0. The van der Waals surface area contributed by atoms with Crippen LogP contribution >= 0.6 is 0 Å². The van der Waals surface area contributed by atoms with Crippen molar-refractivity contribution in [2.45, 2.75) is 50.7 Å². The Hall–Kier alpha value is -1.14. The number of rotatable bonds is 3. The van der Waals surface area contributed by atoms with Crippen molar-refractivity contribution in [3.05, 3.63) is 0 Å². The fraction of sp³-hybridized carbons (Fsp3) is 0.857. The van der Waals surface area contributed by atoms with Crippen LogP contribution in [0.3, 0.4) is 0 Å². The van der Waals surface area contributed by atoms with E-state index in [9.17, 15) is 9.59 Å². The number of carbonyl (C=O) groups excluding carboxylic acids is 2. The molecular weight excluding hydrogens is 258 g/mol. The fourth-order valence-electron chi connectivity index (χ4n) is 3.04. The van der Waals surface area contributed by atoms with Gasteiger partial charge in [0.25, 0.3) is 0 Å².